The van der Waals surface area contributed by atoms with Crippen molar-refractivity contribution in [1.82, 2.24) is 29.0 Å². The first kappa shape index (κ1) is 28.7. The van der Waals surface area contributed by atoms with E-state index in [0.717, 1.165) is 64.7 Å². The van der Waals surface area contributed by atoms with Crippen LogP contribution in [0.4, 0.5) is 0 Å². The van der Waals surface area contributed by atoms with Crippen LogP contribution in [0.5, 0.6) is 0 Å². The van der Waals surface area contributed by atoms with Gasteiger partial charge in [-0.3, -0.25) is 14.5 Å². The Morgan fingerprint density at radius 2 is 1.73 bits per heavy atom. The van der Waals surface area contributed by atoms with Crippen LogP contribution in [-0.4, -0.2) is 30.2 Å². The molecule has 0 spiro atoms. The highest BCUT2D eigenvalue weighted by atomic mass is 35.5. The molecule has 0 aliphatic carbocycles. The molecule has 0 fully saturated rings. The molecule has 0 radical (unpaired) electrons. The van der Waals surface area contributed by atoms with Gasteiger partial charge < -0.3 is 14.5 Å². The summed E-state index contributed by atoms with van der Waals surface area (Å²) in [5.41, 5.74) is 5.35. The van der Waals surface area contributed by atoms with E-state index in [1.54, 1.807) is 10.8 Å². The van der Waals surface area contributed by atoms with Gasteiger partial charge in [0.2, 0.25) is 0 Å². The van der Waals surface area contributed by atoms with Gasteiger partial charge in [0.25, 0.3) is 0 Å². The maximum atomic E-state index is 13.3. The van der Waals surface area contributed by atoms with Crippen LogP contribution in [0, 0.1) is 11.3 Å². The standard InChI is InChI=1S/C30H27N7O.2ClH/c1-35-20-28(23-10-3-4-11-26(23)35)37-29(25(16-31)34-30(37)38)24-19-36(27-12-5-2-9-22(24)27)15-7-14-33-18-21-8-6-13-32-17-21;;/h2-6,8-13,17,19-20,33H,7,14-15,18H2,1H3,(H,34,38);2*1H. The molecule has 4 aromatic heterocycles. The van der Waals surface area contributed by atoms with Gasteiger partial charge >= 0.3 is 5.69 Å². The number of aromatic amines is 1. The molecule has 40 heavy (non-hydrogen) atoms. The van der Waals surface area contributed by atoms with Crippen molar-refractivity contribution in [2.45, 2.75) is 19.5 Å². The molecule has 0 atom stereocenters. The summed E-state index contributed by atoms with van der Waals surface area (Å²) in [7, 11) is 1.96. The fourth-order valence-electron chi connectivity index (χ4n) is 5.23. The maximum absolute atomic E-state index is 13.3. The molecular weight excluding hydrogens is 545 g/mol. The highest BCUT2D eigenvalue weighted by Gasteiger charge is 2.23. The molecule has 204 valence electrons. The van der Waals surface area contributed by atoms with Gasteiger partial charge in [0, 0.05) is 72.3 Å². The van der Waals surface area contributed by atoms with E-state index in [1.807, 2.05) is 72.5 Å². The minimum atomic E-state index is -0.329. The van der Waals surface area contributed by atoms with Crippen molar-refractivity contribution >= 4 is 46.6 Å². The molecule has 6 rings (SSSR count). The van der Waals surface area contributed by atoms with Crippen molar-refractivity contribution in [1.29, 1.82) is 5.26 Å². The summed E-state index contributed by atoms with van der Waals surface area (Å²) in [4.78, 5) is 20.2. The molecule has 10 heteroatoms. The van der Waals surface area contributed by atoms with Gasteiger partial charge in [-0.05, 0) is 36.7 Å². The zero-order valence-electron chi connectivity index (χ0n) is 21.9. The lowest BCUT2D eigenvalue weighted by Gasteiger charge is -2.07. The Hall–Kier alpha value is -4.29. The summed E-state index contributed by atoms with van der Waals surface area (Å²) in [6.07, 6.45) is 8.58. The van der Waals surface area contributed by atoms with E-state index in [0.29, 0.717) is 5.69 Å². The molecule has 8 nitrogen and oxygen atoms in total. The molecule has 0 aliphatic heterocycles. The van der Waals surface area contributed by atoms with Crippen molar-refractivity contribution in [2.75, 3.05) is 6.54 Å². The number of fused-ring (bicyclic) bond motifs is 2. The van der Waals surface area contributed by atoms with Crippen LogP contribution in [0.1, 0.15) is 17.7 Å². The van der Waals surface area contributed by atoms with Crippen molar-refractivity contribution in [3.8, 4) is 23.0 Å². The smallest absolute Gasteiger partial charge is 0.331 e. The van der Waals surface area contributed by atoms with Crippen LogP contribution in [-0.2, 0) is 20.1 Å². The predicted molar refractivity (Wildman–Crippen MR) is 164 cm³/mol. The molecule has 0 saturated heterocycles. The van der Waals surface area contributed by atoms with Gasteiger partial charge in [0.1, 0.15) is 11.8 Å². The molecule has 2 N–H and O–H groups in total. The molecule has 0 amide bonds. The number of halogens is 2. The van der Waals surface area contributed by atoms with Crippen LogP contribution >= 0.6 is 24.8 Å². The first-order valence-electron chi connectivity index (χ1n) is 12.6. The van der Waals surface area contributed by atoms with E-state index in [9.17, 15) is 10.1 Å². The van der Waals surface area contributed by atoms with Crippen LogP contribution < -0.4 is 11.0 Å². The number of H-pyrrole nitrogens is 1. The minimum absolute atomic E-state index is 0. The number of aryl methyl sites for hydroxylation is 2. The summed E-state index contributed by atoms with van der Waals surface area (Å²) in [6, 6.07) is 22.3. The van der Waals surface area contributed by atoms with Crippen LogP contribution in [0.25, 0.3) is 38.8 Å². The molecule has 0 bridgehead atoms. The second-order valence-corrected chi connectivity index (χ2v) is 9.39. The normalized spacial score (nSPS) is 10.8. The van der Waals surface area contributed by atoms with E-state index < -0.39 is 0 Å². The fraction of sp³-hybridized carbons (Fsp3) is 0.167. The number of benzene rings is 2. The quantitative estimate of drug-likeness (QED) is 0.233. The number of nitrogens with one attached hydrogen (secondary N) is 2. The summed E-state index contributed by atoms with van der Waals surface area (Å²) in [5, 5.41) is 15.4. The van der Waals surface area contributed by atoms with Gasteiger partial charge in [-0.25, -0.2) is 4.79 Å². The lowest BCUT2D eigenvalue weighted by Crippen LogP contribution is -2.16. The van der Waals surface area contributed by atoms with Gasteiger partial charge in [-0.1, -0.05) is 42.5 Å². The Bertz CT molecular complexity index is 1860. The van der Waals surface area contributed by atoms with E-state index >= 15 is 0 Å². The summed E-state index contributed by atoms with van der Waals surface area (Å²) in [6.45, 7) is 2.42. The molecule has 0 saturated carbocycles. The third-order valence-electron chi connectivity index (χ3n) is 6.97. The Labute approximate surface area is 243 Å². The maximum Gasteiger partial charge on any atom is 0.331 e. The average Bonchev–Trinajstić information content (AvgIpc) is 3.59. The van der Waals surface area contributed by atoms with Crippen LogP contribution in [0.3, 0.4) is 0 Å². The van der Waals surface area contributed by atoms with E-state index in [4.69, 9.17) is 0 Å². The number of hydrogen-bond acceptors (Lipinski definition) is 4. The summed E-state index contributed by atoms with van der Waals surface area (Å²) in [5.74, 6) is 0. The molecule has 6 aromatic rings. The number of nitrogens with zero attached hydrogens (tertiary/aromatic N) is 5. The van der Waals surface area contributed by atoms with Gasteiger partial charge in [-0.2, -0.15) is 5.26 Å². The van der Waals surface area contributed by atoms with E-state index in [1.165, 1.54) is 0 Å². The molecule has 0 unspecified atom stereocenters. The summed E-state index contributed by atoms with van der Waals surface area (Å²) < 4.78 is 5.85. The number of nitriles is 1. The van der Waals surface area contributed by atoms with Crippen molar-refractivity contribution in [3.63, 3.8) is 0 Å². The van der Waals surface area contributed by atoms with Crippen molar-refractivity contribution in [2.24, 2.45) is 7.05 Å². The second kappa shape index (κ2) is 12.3. The third kappa shape index (κ3) is 5.15. The number of pyridine rings is 1. The number of hydrogen-bond donors (Lipinski definition) is 2. The fourth-order valence-corrected chi connectivity index (χ4v) is 5.23. The molecule has 2 aromatic carbocycles. The number of rotatable bonds is 8. The van der Waals surface area contributed by atoms with Crippen LogP contribution in [0.15, 0.2) is 90.2 Å². The number of imidazole rings is 1. The zero-order chi connectivity index (χ0) is 26.1. The Morgan fingerprint density at radius 1 is 0.975 bits per heavy atom. The Kier molecular flexibility index (Phi) is 8.80. The Balaban J connectivity index is 0.00000185. The van der Waals surface area contributed by atoms with Gasteiger partial charge in [-0.15, -0.1) is 24.8 Å². The first-order valence-corrected chi connectivity index (χ1v) is 12.6. The first-order chi connectivity index (χ1) is 18.7. The lowest BCUT2D eigenvalue weighted by molar-refractivity contribution is 0.590. The van der Waals surface area contributed by atoms with Gasteiger partial charge in [0.15, 0.2) is 0 Å². The lowest BCUT2D eigenvalue weighted by atomic mass is 10.1. The number of para-hydroxylation sites is 2. The minimum Gasteiger partial charge on any atom is -0.348 e. The molecule has 4 heterocycles. The topological polar surface area (TPSA) is 96.4 Å². The van der Waals surface area contributed by atoms with Crippen molar-refractivity contribution in [3.05, 3.63) is 107 Å². The number of aromatic nitrogens is 5. The second-order valence-electron chi connectivity index (χ2n) is 9.39. The summed E-state index contributed by atoms with van der Waals surface area (Å²) >= 11 is 0. The average molecular weight is 575 g/mol. The largest absolute Gasteiger partial charge is 0.348 e. The highest BCUT2D eigenvalue weighted by Crippen LogP contribution is 2.35. The van der Waals surface area contributed by atoms with Crippen molar-refractivity contribution < 1.29 is 0 Å². The molecule has 0 aliphatic rings. The van der Waals surface area contributed by atoms with E-state index in [2.05, 4.69) is 44.3 Å². The predicted octanol–water partition coefficient (Wildman–Crippen LogP) is 5.57. The Morgan fingerprint density at radius 3 is 2.48 bits per heavy atom. The monoisotopic (exact) mass is 573 g/mol. The SMILES string of the molecule is Cl.Cl.Cn1cc(-n2c(-c3cn(CCCNCc4cccnc4)c4ccccc34)c(C#N)[nH]c2=O)c2ccccc21. The highest BCUT2D eigenvalue weighted by molar-refractivity contribution is 5.98. The van der Waals surface area contributed by atoms with E-state index in [-0.39, 0.29) is 36.2 Å². The van der Waals surface area contributed by atoms with Gasteiger partial charge in [0.05, 0.1) is 11.4 Å². The zero-order valence-corrected chi connectivity index (χ0v) is 23.5. The third-order valence-corrected chi connectivity index (χ3v) is 6.97. The van der Waals surface area contributed by atoms with Crippen LogP contribution in [0.2, 0.25) is 0 Å². The molecular formula is C30H29Cl2N7O.